The third-order valence-electron chi connectivity index (χ3n) is 9.45. The molecule has 18 nitrogen and oxygen atoms in total. The Bertz CT molecular complexity index is 2120. The van der Waals surface area contributed by atoms with Crippen molar-refractivity contribution < 1.29 is 67.7 Å². The van der Waals surface area contributed by atoms with Gasteiger partial charge >= 0.3 is 30.9 Å². The number of carbonyl (C=O) groups is 6. The third-order valence-corrected chi connectivity index (χ3v) is 9.85. The van der Waals surface area contributed by atoms with Crippen LogP contribution in [0.5, 0.6) is 23.0 Å². The van der Waals surface area contributed by atoms with Gasteiger partial charge in [0, 0.05) is 44.0 Å². The first-order valence-corrected chi connectivity index (χ1v) is 16.9. The average Bonchev–Trinajstić information content (AvgIpc) is 3.15. The molecule has 3 aromatic rings. The minimum Gasteiger partial charge on any atom is -0.534 e. The molecule has 22 heteroatoms. The van der Waals surface area contributed by atoms with Crippen molar-refractivity contribution in [2.45, 2.75) is 37.3 Å². The van der Waals surface area contributed by atoms with E-state index in [-0.39, 0.29) is 68.2 Å². The van der Waals surface area contributed by atoms with E-state index in [2.05, 4.69) is 15.6 Å². The van der Waals surface area contributed by atoms with Gasteiger partial charge < -0.3 is 50.5 Å². The number of aromatic nitrogens is 1. The number of carboxylic acids is 1. The van der Waals surface area contributed by atoms with Crippen LogP contribution in [-0.2, 0) is 20.8 Å². The summed E-state index contributed by atoms with van der Waals surface area (Å²) in [6.45, 7) is -0.0862. The van der Waals surface area contributed by atoms with Gasteiger partial charge in [0.05, 0.1) is 22.7 Å². The van der Waals surface area contributed by atoms with Crippen LogP contribution in [0, 0.1) is 11.6 Å². The molecule has 4 heterocycles. The van der Waals surface area contributed by atoms with Crippen molar-refractivity contribution in [2.24, 2.45) is 0 Å². The van der Waals surface area contributed by atoms with Crippen molar-refractivity contribution in [1.82, 2.24) is 30.3 Å². The summed E-state index contributed by atoms with van der Waals surface area (Å²) in [6, 6.07) is -0.0863. The monoisotopic (exact) mass is 786 g/mol. The molecule has 6 amide bonds. The van der Waals surface area contributed by atoms with Gasteiger partial charge in [0.15, 0.2) is 17.3 Å². The van der Waals surface area contributed by atoms with Crippen molar-refractivity contribution in [3.05, 3.63) is 75.6 Å². The van der Waals surface area contributed by atoms with Crippen molar-refractivity contribution in [1.29, 1.82) is 0 Å². The number of hydrogen-bond acceptors (Lipinski definition) is 12. The van der Waals surface area contributed by atoms with Crippen LogP contribution in [0.25, 0.3) is 0 Å². The van der Waals surface area contributed by atoms with E-state index in [4.69, 9.17) is 16.3 Å². The number of benzene rings is 2. The van der Waals surface area contributed by atoms with Gasteiger partial charge in [-0.2, -0.15) is 0 Å². The Labute approximate surface area is 314 Å². The highest BCUT2D eigenvalue weighted by Crippen LogP contribution is 2.41. The molecule has 288 valence electrons. The van der Waals surface area contributed by atoms with Crippen LogP contribution in [0.4, 0.5) is 13.6 Å². The van der Waals surface area contributed by atoms with Gasteiger partial charge in [0.2, 0.25) is 5.91 Å². The number of halogens is 3. The van der Waals surface area contributed by atoms with Gasteiger partial charge in [0.25, 0.3) is 5.91 Å². The minimum atomic E-state index is -2.07. The maximum absolute atomic E-state index is 14.7. The fourth-order valence-corrected chi connectivity index (χ4v) is 6.90. The van der Waals surface area contributed by atoms with Crippen LogP contribution in [0.1, 0.15) is 50.7 Å². The van der Waals surface area contributed by atoms with Crippen LogP contribution in [0.3, 0.4) is 0 Å². The second kappa shape index (κ2) is 15.3. The fourth-order valence-electron chi connectivity index (χ4n) is 6.64. The number of piperidine rings is 1. The fraction of sp³-hybridized carbons (Fsp3) is 0.303. The molecule has 6 rings (SSSR count). The molecule has 3 aliphatic heterocycles. The number of phenolic OH excluding ortho intramolecular Hbond substituents is 2. The van der Waals surface area contributed by atoms with Crippen molar-refractivity contribution in [3.63, 3.8) is 0 Å². The van der Waals surface area contributed by atoms with Crippen LogP contribution < -0.4 is 15.3 Å². The van der Waals surface area contributed by atoms with Gasteiger partial charge in [0.1, 0.15) is 28.9 Å². The zero-order valence-corrected chi connectivity index (χ0v) is 29.0. The number of carboxylic acid groups (broad SMARTS) is 1. The molecular weight excluding hydrogens is 757 g/mol. The number of piperazine rings is 1. The number of urea groups is 1. The quantitative estimate of drug-likeness (QED) is 0.0990. The van der Waals surface area contributed by atoms with E-state index >= 15 is 0 Å². The Morgan fingerprint density at radius 2 is 1.67 bits per heavy atom. The van der Waals surface area contributed by atoms with Crippen LogP contribution in [0.15, 0.2) is 36.7 Å². The third kappa shape index (κ3) is 7.47. The Hall–Kier alpha value is -6.22. The number of carbonyl (C=O) groups excluding carboxylic acids is 5. The molecule has 0 saturated carbocycles. The molecule has 0 radical (unpaired) electrons. The van der Waals surface area contributed by atoms with E-state index in [0.29, 0.717) is 11.0 Å². The second-order valence-electron chi connectivity index (χ2n) is 12.8. The predicted octanol–water partition coefficient (Wildman–Crippen LogP) is 0.694. The Morgan fingerprint density at radius 1 is 0.964 bits per heavy atom. The molecular formula is C33H30BClF2N6O12. The average molecular weight is 787 g/mol. The molecule has 55 heavy (non-hydrogen) atoms. The van der Waals surface area contributed by atoms with Crippen LogP contribution in [0.2, 0.25) is 5.02 Å². The van der Waals surface area contributed by atoms with E-state index in [9.17, 15) is 63.0 Å². The largest absolute Gasteiger partial charge is 0.547 e. The molecule has 0 spiro atoms. The molecule has 2 atom stereocenters. The van der Waals surface area contributed by atoms with E-state index in [1.165, 1.54) is 28.3 Å². The summed E-state index contributed by atoms with van der Waals surface area (Å²) in [4.78, 5) is 85.5. The van der Waals surface area contributed by atoms with Crippen molar-refractivity contribution in [3.8, 4) is 23.0 Å². The zero-order chi connectivity index (χ0) is 39.9. The number of nitrogens with zero attached hydrogens (tertiary/aromatic N) is 4. The van der Waals surface area contributed by atoms with E-state index < -0.39 is 99.9 Å². The van der Waals surface area contributed by atoms with Gasteiger partial charge in [-0.15, -0.1) is 0 Å². The molecule has 7 N–H and O–H groups in total. The zero-order valence-electron chi connectivity index (χ0n) is 28.2. The normalized spacial score (nSPS) is 18.0. The summed E-state index contributed by atoms with van der Waals surface area (Å²) < 4.78 is 34.1. The molecule has 0 bridgehead atoms. The number of amides is 6. The van der Waals surface area contributed by atoms with Gasteiger partial charge in [-0.25, -0.2) is 18.4 Å². The number of phenols is 2. The lowest BCUT2D eigenvalue weighted by atomic mass is 9.72. The highest BCUT2D eigenvalue weighted by Gasteiger charge is 2.44. The smallest absolute Gasteiger partial charge is 0.534 e. The summed E-state index contributed by atoms with van der Waals surface area (Å²) in [5.41, 5.74) is -1.25. The molecule has 0 aliphatic carbocycles. The van der Waals surface area contributed by atoms with Gasteiger partial charge in [-0.05, 0) is 43.0 Å². The summed E-state index contributed by atoms with van der Waals surface area (Å²) in [6.07, 6.45) is 2.72. The first-order chi connectivity index (χ1) is 26.1. The maximum Gasteiger partial charge on any atom is 0.547 e. The molecule has 2 saturated heterocycles. The van der Waals surface area contributed by atoms with Crippen LogP contribution >= 0.6 is 11.6 Å². The SMILES string of the molecule is O=C(O)c1c(F)ccc2c1OB(O)[C@@H](NC(=O)C(NC(=O)N1CCN(C3CCN(C(=O)c4cncc(O)c4)CC3)C(=O)C1=O)c1cc(F)c(O)c(O)c1Cl)C2. The van der Waals surface area contributed by atoms with Crippen LogP contribution in [-0.4, -0.2) is 126 Å². The number of imide groups is 1. The summed E-state index contributed by atoms with van der Waals surface area (Å²) in [5, 5.41) is 53.5. The number of likely N-dealkylation sites (tertiary alicyclic amines) is 1. The minimum absolute atomic E-state index is 0.0642. The number of aromatic hydroxyl groups is 3. The van der Waals surface area contributed by atoms with E-state index in [1.807, 2.05) is 0 Å². The van der Waals surface area contributed by atoms with Crippen molar-refractivity contribution in [2.75, 3.05) is 26.2 Å². The Balaban J connectivity index is 1.16. The van der Waals surface area contributed by atoms with E-state index in [1.54, 1.807) is 0 Å². The van der Waals surface area contributed by atoms with E-state index in [0.717, 1.165) is 12.1 Å². The molecule has 1 aromatic heterocycles. The van der Waals surface area contributed by atoms with Crippen molar-refractivity contribution >= 4 is 54.3 Å². The van der Waals surface area contributed by atoms with Gasteiger partial charge in [-0.3, -0.25) is 29.1 Å². The molecule has 1 unspecified atom stereocenters. The number of aromatic carboxylic acids is 1. The highest BCUT2D eigenvalue weighted by molar-refractivity contribution is 6.47. The number of pyridine rings is 1. The summed E-state index contributed by atoms with van der Waals surface area (Å²) in [7, 11) is -1.98. The summed E-state index contributed by atoms with van der Waals surface area (Å²) in [5.74, 6) is -12.8. The first kappa shape index (κ1) is 38.5. The Morgan fingerprint density at radius 3 is 2.35 bits per heavy atom. The molecule has 2 aromatic carbocycles. The second-order valence-corrected chi connectivity index (χ2v) is 13.2. The number of nitrogens with one attached hydrogen (secondary N) is 2. The maximum atomic E-state index is 14.7. The highest BCUT2D eigenvalue weighted by atomic mass is 35.5. The van der Waals surface area contributed by atoms with Gasteiger partial charge in [-0.1, -0.05) is 17.7 Å². The lowest BCUT2D eigenvalue weighted by Crippen LogP contribution is -2.62. The lowest BCUT2D eigenvalue weighted by molar-refractivity contribution is -0.156. The predicted molar refractivity (Wildman–Crippen MR) is 182 cm³/mol. The number of hydrogen-bond donors (Lipinski definition) is 7. The molecule has 2 fully saturated rings. The number of fused-ring (bicyclic) bond motifs is 1. The first-order valence-electron chi connectivity index (χ1n) is 16.5. The summed E-state index contributed by atoms with van der Waals surface area (Å²) >= 11 is 6.15. The lowest BCUT2D eigenvalue weighted by Gasteiger charge is -2.41. The Kier molecular flexibility index (Phi) is 10.7. The molecule has 3 aliphatic rings. The standard InChI is InChI=1S/C33H30BClF2N6O12/c35-23-18(11-20(37)25(45)26(23)46)24(28(47)39-21-10-14-1-2-19(36)22(32(51)52)27(14)55-34(21)54)40-33(53)43-8-7-42(30(49)31(43)50)16-3-5-41(6-4-16)29(48)15-9-17(44)13-38-12-15/h1-2,9,11-13,16,21,24,44-46,54H,3-8,10H2,(H,39,47)(H,40,53)(H,51,52)/t21-,24?/m0/s1. The number of rotatable bonds is 7. The topological polar surface area (TPSA) is 259 Å².